The summed E-state index contributed by atoms with van der Waals surface area (Å²) in [5, 5.41) is 11.2. The van der Waals surface area contributed by atoms with Crippen LogP contribution >= 0.6 is 0 Å². The van der Waals surface area contributed by atoms with E-state index in [1.807, 2.05) is 24.3 Å². The first-order chi connectivity index (χ1) is 10.8. The molecule has 22 heavy (non-hydrogen) atoms. The molecule has 0 saturated heterocycles. The van der Waals surface area contributed by atoms with Gasteiger partial charge in [0.15, 0.2) is 5.69 Å². The van der Waals surface area contributed by atoms with Gasteiger partial charge in [0, 0.05) is 30.2 Å². The minimum Gasteiger partial charge on any atom is -0.368 e. The summed E-state index contributed by atoms with van der Waals surface area (Å²) in [6.07, 6.45) is 3.24. The molecule has 1 aliphatic heterocycles. The molecular weight excluding hydrogens is 280 g/mol. The van der Waals surface area contributed by atoms with Gasteiger partial charge in [0.2, 0.25) is 0 Å². The van der Waals surface area contributed by atoms with Crippen molar-refractivity contribution in [2.24, 2.45) is 0 Å². The molecule has 0 saturated carbocycles. The van der Waals surface area contributed by atoms with E-state index in [1.165, 1.54) is 6.33 Å². The molecule has 3 aromatic rings. The molecule has 0 unspecified atom stereocenters. The van der Waals surface area contributed by atoms with E-state index in [0.717, 1.165) is 22.3 Å². The number of fused-ring (bicyclic) bond motifs is 2. The van der Waals surface area contributed by atoms with Crippen molar-refractivity contribution >= 4 is 22.6 Å². The maximum Gasteiger partial charge on any atom is 0.275 e. The van der Waals surface area contributed by atoms with Gasteiger partial charge in [-0.1, -0.05) is 18.2 Å². The number of hydrogen-bond donors (Lipinski definition) is 2. The predicted molar refractivity (Wildman–Crippen MR) is 81.4 cm³/mol. The molecule has 110 valence electrons. The lowest BCUT2D eigenvalue weighted by Crippen LogP contribution is -2.33. The molecule has 1 aromatic carbocycles. The first-order valence-electron chi connectivity index (χ1n) is 7.08. The largest absolute Gasteiger partial charge is 0.368 e. The molecule has 0 aliphatic carbocycles. The molecule has 1 aliphatic rings. The molecule has 7 heteroatoms. The van der Waals surface area contributed by atoms with Gasteiger partial charge in [-0.05, 0) is 6.07 Å². The van der Waals surface area contributed by atoms with E-state index in [4.69, 9.17) is 0 Å². The van der Waals surface area contributed by atoms with E-state index < -0.39 is 0 Å². The van der Waals surface area contributed by atoms with Gasteiger partial charge in [0.25, 0.3) is 5.91 Å². The first kappa shape index (κ1) is 12.8. The Morgan fingerprint density at radius 1 is 1.27 bits per heavy atom. The maximum atomic E-state index is 12.8. The Labute approximate surface area is 126 Å². The summed E-state index contributed by atoms with van der Waals surface area (Å²) in [5.74, 6) is 0.702. The Morgan fingerprint density at radius 3 is 3.14 bits per heavy atom. The van der Waals surface area contributed by atoms with Crippen LogP contribution in [0.15, 0.2) is 36.8 Å². The van der Waals surface area contributed by atoms with E-state index in [9.17, 15) is 4.79 Å². The molecule has 3 heterocycles. The number of benzene rings is 1. The van der Waals surface area contributed by atoms with Crippen LogP contribution in [0, 0.1) is 0 Å². The van der Waals surface area contributed by atoms with E-state index >= 15 is 0 Å². The molecule has 0 spiro atoms. The number of nitrogens with zero attached hydrogens (tertiary/aromatic N) is 4. The Hall–Kier alpha value is -2.96. The molecule has 0 atom stereocenters. The molecule has 7 nitrogen and oxygen atoms in total. The van der Waals surface area contributed by atoms with Crippen LogP contribution in [0.1, 0.15) is 16.1 Å². The smallest absolute Gasteiger partial charge is 0.275 e. The third-order valence-corrected chi connectivity index (χ3v) is 3.78. The molecule has 0 radical (unpaired) electrons. The number of rotatable bonds is 1. The number of aromatic nitrogens is 4. The summed E-state index contributed by atoms with van der Waals surface area (Å²) in [6.45, 7) is 1.72. The average molecular weight is 294 g/mol. The van der Waals surface area contributed by atoms with Gasteiger partial charge in [-0.25, -0.2) is 9.97 Å². The van der Waals surface area contributed by atoms with Crippen LogP contribution in [0.3, 0.4) is 0 Å². The monoisotopic (exact) mass is 294 g/mol. The summed E-state index contributed by atoms with van der Waals surface area (Å²) >= 11 is 0. The van der Waals surface area contributed by atoms with Crippen LogP contribution in [0.5, 0.6) is 0 Å². The van der Waals surface area contributed by atoms with Gasteiger partial charge < -0.3 is 10.2 Å². The lowest BCUT2D eigenvalue weighted by molar-refractivity contribution is 0.0749. The van der Waals surface area contributed by atoms with Gasteiger partial charge in [0.05, 0.1) is 12.1 Å². The number of para-hydroxylation sites is 1. The van der Waals surface area contributed by atoms with Crippen LogP contribution < -0.4 is 5.32 Å². The third kappa shape index (κ3) is 2.07. The number of nitrogens with one attached hydrogen (secondary N) is 2. The molecule has 0 fully saturated rings. The molecule has 1 amide bonds. The van der Waals surface area contributed by atoms with Crippen molar-refractivity contribution in [3.63, 3.8) is 0 Å². The summed E-state index contributed by atoms with van der Waals surface area (Å²) in [6, 6.07) is 7.63. The molecule has 4 rings (SSSR count). The lowest BCUT2D eigenvalue weighted by Gasteiger charge is -2.19. The zero-order valence-electron chi connectivity index (χ0n) is 11.8. The second-order valence-corrected chi connectivity index (χ2v) is 5.17. The number of hydrogen-bond acceptors (Lipinski definition) is 5. The highest BCUT2D eigenvalue weighted by Gasteiger charge is 2.24. The van der Waals surface area contributed by atoms with Crippen LogP contribution in [-0.2, 0) is 6.54 Å². The maximum absolute atomic E-state index is 12.8. The predicted octanol–water partition coefficient (Wildman–Crippen LogP) is 1.42. The van der Waals surface area contributed by atoms with Gasteiger partial charge in [-0.3, -0.25) is 9.89 Å². The standard InChI is InChI=1S/C15H14N6O/c22-15(13-11-3-1-2-4-12(11)19-20-13)21-6-5-17-14-10(8-21)7-16-9-18-14/h1-4,7,9H,5-6,8H2,(H,19,20)(H,16,17,18). The second-order valence-electron chi connectivity index (χ2n) is 5.17. The van der Waals surface area contributed by atoms with Crippen molar-refractivity contribution < 1.29 is 4.79 Å². The fourth-order valence-electron chi connectivity index (χ4n) is 2.68. The number of aromatic amines is 1. The van der Waals surface area contributed by atoms with Crippen molar-refractivity contribution in [3.05, 3.63) is 48.0 Å². The van der Waals surface area contributed by atoms with Crippen molar-refractivity contribution in [1.82, 2.24) is 25.1 Å². The van der Waals surface area contributed by atoms with Crippen molar-refractivity contribution in [3.8, 4) is 0 Å². The first-order valence-corrected chi connectivity index (χ1v) is 7.08. The van der Waals surface area contributed by atoms with Crippen LogP contribution in [0.2, 0.25) is 0 Å². The number of amides is 1. The van der Waals surface area contributed by atoms with Gasteiger partial charge in [0.1, 0.15) is 12.1 Å². The Bertz CT molecular complexity index is 843. The Kier molecular flexibility index (Phi) is 2.96. The van der Waals surface area contributed by atoms with Gasteiger partial charge >= 0.3 is 0 Å². The quantitative estimate of drug-likeness (QED) is 0.709. The molecular formula is C15H14N6O. The fourth-order valence-corrected chi connectivity index (χ4v) is 2.68. The zero-order chi connectivity index (χ0) is 14.9. The average Bonchev–Trinajstić information content (AvgIpc) is 2.86. The number of carbonyl (C=O) groups excluding carboxylic acids is 1. The lowest BCUT2D eigenvalue weighted by atomic mass is 10.2. The number of anilines is 1. The summed E-state index contributed by atoms with van der Waals surface area (Å²) in [5.41, 5.74) is 2.23. The van der Waals surface area contributed by atoms with Gasteiger partial charge in [-0.15, -0.1) is 0 Å². The second kappa shape index (κ2) is 5.10. The van der Waals surface area contributed by atoms with E-state index in [1.54, 1.807) is 11.1 Å². The van der Waals surface area contributed by atoms with E-state index in [0.29, 0.717) is 25.3 Å². The van der Waals surface area contributed by atoms with Crippen LogP contribution in [0.25, 0.3) is 10.9 Å². The Balaban J connectivity index is 1.68. The number of H-pyrrole nitrogens is 1. The van der Waals surface area contributed by atoms with Crippen LogP contribution in [-0.4, -0.2) is 44.1 Å². The highest BCUT2D eigenvalue weighted by atomic mass is 16.2. The summed E-state index contributed by atoms with van der Waals surface area (Å²) in [7, 11) is 0. The molecule has 0 bridgehead atoms. The summed E-state index contributed by atoms with van der Waals surface area (Å²) < 4.78 is 0. The minimum absolute atomic E-state index is 0.0871. The van der Waals surface area contributed by atoms with Crippen molar-refractivity contribution in [2.45, 2.75) is 6.54 Å². The minimum atomic E-state index is -0.0871. The van der Waals surface area contributed by atoms with Crippen LogP contribution in [0.4, 0.5) is 5.82 Å². The van der Waals surface area contributed by atoms with E-state index in [2.05, 4.69) is 25.5 Å². The third-order valence-electron chi connectivity index (χ3n) is 3.78. The normalized spacial score (nSPS) is 14.3. The number of carbonyl (C=O) groups is 1. The van der Waals surface area contributed by atoms with Gasteiger partial charge in [-0.2, -0.15) is 5.10 Å². The highest BCUT2D eigenvalue weighted by Crippen LogP contribution is 2.21. The zero-order valence-corrected chi connectivity index (χ0v) is 11.8. The molecule has 2 aromatic heterocycles. The van der Waals surface area contributed by atoms with Crippen molar-refractivity contribution in [2.75, 3.05) is 18.4 Å². The SMILES string of the molecule is O=C(c1n[nH]c2ccccc12)N1CCNc2ncncc2C1. The fraction of sp³-hybridized carbons (Fsp3) is 0.200. The Morgan fingerprint density at radius 2 is 2.18 bits per heavy atom. The summed E-state index contributed by atoms with van der Waals surface area (Å²) in [4.78, 5) is 22.8. The van der Waals surface area contributed by atoms with Crippen molar-refractivity contribution in [1.29, 1.82) is 0 Å². The highest BCUT2D eigenvalue weighted by molar-refractivity contribution is 6.04. The topological polar surface area (TPSA) is 86.8 Å². The molecule has 2 N–H and O–H groups in total. The van der Waals surface area contributed by atoms with E-state index in [-0.39, 0.29) is 5.91 Å².